The van der Waals surface area contributed by atoms with E-state index in [1.54, 1.807) is 13.0 Å². The van der Waals surface area contributed by atoms with E-state index in [0.717, 1.165) is 11.1 Å². The van der Waals surface area contributed by atoms with Crippen LogP contribution in [0.2, 0.25) is 0 Å². The zero-order chi connectivity index (χ0) is 18.5. The predicted octanol–water partition coefficient (Wildman–Crippen LogP) is 3.10. The van der Waals surface area contributed by atoms with Gasteiger partial charge in [0.05, 0.1) is 5.69 Å². The fourth-order valence-electron chi connectivity index (χ4n) is 2.62. The second-order valence-electron chi connectivity index (χ2n) is 6.25. The zero-order valence-corrected chi connectivity index (χ0v) is 14.8. The first-order valence-electron chi connectivity index (χ1n) is 8.53. The van der Waals surface area contributed by atoms with Crippen molar-refractivity contribution in [1.82, 2.24) is 15.1 Å². The number of hydrogen-bond donors (Lipinski definition) is 1. The Labute approximate surface area is 152 Å². The Balaban J connectivity index is 1.76. The summed E-state index contributed by atoms with van der Waals surface area (Å²) in [6.07, 6.45) is 0. The number of carbonyl (C=O) groups excluding carboxylic acids is 1. The maximum Gasteiger partial charge on any atom is 0.267 e. The molecule has 1 aromatic heterocycles. The van der Waals surface area contributed by atoms with Gasteiger partial charge in [0.2, 0.25) is 5.91 Å². The van der Waals surface area contributed by atoms with Gasteiger partial charge in [0.15, 0.2) is 0 Å². The topological polar surface area (TPSA) is 64.0 Å². The normalized spacial score (nSPS) is 11.8. The second-order valence-corrected chi connectivity index (χ2v) is 6.25. The molecule has 0 spiro atoms. The van der Waals surface area contributed by atoms with Crippen molar-refractivity contribution in [1.29, 1.82) is 0 Å². The van der Waals surface area contributed by atoms with Gasteiger partial charge in [0, 0.05) is 18.2 Å². The van der Waals surface area contributed by atoms with E-state index >= 15 is 0 Å². The first kappa shape index (κ1) is 17.6. The van der Waals surface area contributed by atoms with E-state index in [2.05, 4.69) is 10.4 Å². The van der Waals surface area contributed by atoms with Crippen LogP contribution in [0.25, 0.3) is 11.3 Å². The van der Waals surface area contributed by atoms with Crippen molar-refractivity contribution in [2.24, 2.45) is 0 Å². The van der Waals surface area contributed by atoms with E-state index in [9.17, 15) is 9.59 Å². The van der Waals surface area contributed by atoms with Crippen LogP contribution in [0, 0.1) is 6.92 Å². The quantitative estimate of drug-likeness (QED) is 0.771. The Morgan fingerprint density at radius 1 is 1.04 bits per heavy atom. The predicted molar refractivity (Wildman–Crippen MR) is 102 cm³/mol. The van der Waals surface area contributed by atoms with Gasteiger partial charge in [0.1, 0.15) is 6.04 Å². The third kappa shape index (κ3) is 4.06. The van der Waals surface area contributed by atoms with E-state index in [0.29, 0.717) is 12.2 Å². The molecule has 5 heteroatoms. The van der Waals surface area contributed by atoms with Crippen molar-refractivity contribution in [3.63, 3.8) is 0 Å². The van der Waals surface area contributed by atoms with Crippen LogP contribution in [-0.2, 0) is 11.3 Å². The van der Waals surface area contributed by atoms with Gasteiger partial charge in [-0.3, -0.25) is 9.59 Å². The highest BCUT2D eigenvalue weighted by atomic mass is 16.2. The van der Waals surface area contributed by atoms with Crippen LogP contribution < -0.4 is 10.9 Å². The number of nitrogens with one attached hydrogen (secondary N) is 1. The fourth-order valence-corrected chi connectivity index (χ4v) is 2.62. The van der Waals surface area contributed by atoms with E-state index in [4.69, 9.17) is 0 Å². The molecule has 5 nitrogen and oxygen atoms in total. The third-order valence-corrected chi connectivity index (χ3v) is 4.23. The van der Waals surface area contributed by atoms with Gasteiger partial charge in [-0.05, 0) is 25.5 Å². The van der Waals surface area contributed by atoms with Gasteiger partial charge in [-0.2, -0.15) is 5.10 Å². The van der Waals surface area contributed by atoms with E-state index < -0.39 is 6.04 Å². The number of hydrogen-bond acceptors (Lipinski definition) is 3. The van der Waals surface area contributed by atoms with Crippen LogP contribution in [0.3, 0.4) is 0 Å². The van der Waals surface area contributed by atoms with Crippen molar-refractivity contribution in [2.45, 2.75) is 26.4 Å². The number of nitrogens with zero attached hydrogens (tertiary/aromatic N) is 2. The van der Waals surface area contributed by atoms with Crippen molar-refractivity contribution < 1.29 is 4.79 Å². The van der Waals surface area contributed by atoms with Crippen molar-refractivity contribution >= 4 is 5.91 Å². The molecule has 0 radical (unpaired) electrons. The molecule has 1 amide bonds. The van der Waals surface area contributed by atoms with Gasteiger partial charge >= 0.3 is 0 Å². The third-order valence-electron chi connectivity index (χ3n) is 4.23. The molecule has 0 fully saturated rings. The maximum atomic E-state index is 12.5. The highest BCUT2D eigenvalue weighted by molar-refractivity contribution is 5.79. The maximum absolute atomic E-state index is 12.5. The fraction of sp³-hybridized carbons (Fsp3) is 0.190. The number of aryl methyl sites for hydroxylation is 1. The summed E-state index contributed by atoms with van der Waals surface area (Å²) in [5.74, 6) is -0.245. The second kappa shape index (κ2) is 7.78. The highest BCUT2D eigenvalue weighted by Gasteiger charge is 2.17. The smallest absolute Gasteiger partial charge is 0.267 e. The minimum absolute atomic E-state index is 0.245. The minimum Gasteiger partial charge on any atom is -0.350 e. The molecule has 3 rings (SSSR count). The molecule has 3 aromatic rings. The van der Waals surface area contributed by atoms with Gasteiger partial charge in [0.25, 0.3) is 5.56 Å². The summed E-state index contributed by atoms with van der Waals surface area (Å²) in [6.45, 7) is 4.10. The molecular formula is C21H21N3O2. The van der Waals surface area contributed by atoms with E-state index in [-0.39, 0.29) is 11.5 Å². The van der Waals surface area contributed by atoms with Crippen LogP contribution in [0.4, 0.5) is 0 Å². The van der Waals surface area contributed by atoms with E-state index in [1.165, 1.54) is 16.3 Å². The van der Waals surface area contributed by atoms with Crippen molar-refractivity contribution in [3.8, 4) is 11.3 Å². The molecular weight excluding hydrogens is 326 g/mol. The summed E-state index contributed by atoms with van der Waals surface area (Å²) in [5, 5.41) is 7.24. The lowest BCUT2D eigenvalue weighted by molar-refractivity contribution is -0.124. The number of carbonyl (C=O) groups is 1. The number of aromatic nitrogens is 2. The molecule has 26 heavy (non-hydrogen) atoms. The summed E-state index contributed by atoms with van der Waals surface area (Å²) < 4.78 is 1.23. The molecule has 0 aliphatic heterocycles. The first-order valence-corrected chi connectivity index (χ1v) is 8.53. The number of amides is 1. The SMILES string of the molecule is Cc1ccc(CNC(=O)C(C)n2nc(-c3ccccc3)ccc2=O)cc1. The summed E-state index contributed by atoms with van der Waals surface area (Å²) in [5.41, 5.74) is 3.43. The van der Waals surface area contributed by atoms with E-state index in [1.807, 2.05) is 61.5 Å². The van der Waals surface area contributed by atoms with Crippen LogP contribution >= 0.6 is 0 Å². The molecule has 0 aliphatic rings. The molecule has 1 unspecified atom stereocenters. The molecule has 0 saturated carbocycles. The lowest BCUT2D eigenvalue weighted by Crippen LogP contribution is -2.36. The average molecular weight is 347 g/mol. The zero-order valence-electron chi connectivity index (χ0n) is 14.8. The van der Waals surface area contributed by atoms with Gasteiger partial charge in [-0.15, -0.1) is 0 Å². The Bertz CT molecular complexity index is 947. The summed E-state index contributed by atoms with van der Waals surface area (Å²) >= 11 is 0. The molecule has 0 aliphatic carbocycles. The van der Waals surface area contributed by atoms with Crippen molar-refractivity contribution in [3.05, 3.63) is 88.2 Å². The standard InChI is InChI=1S/C21H21N3O2/c1-15-8-10-17(11-9-15)14-22-21(26)16(2)24-20(25)13-12-19(23-24)18-6-4-3-5-7-18/h3-13,16H,14H2,1-2H3,(H,22,26). The molecule has 132 valence electrons. The van der Waals surface area contributed by atoms with Gasteiger partial charge in [-0.25, -0.2) is 4.68 Å². The lowest BCUT2D eigenvalue weighted by atomic mass is 10.1. The number of rotatable bonds is 5. The average Bonchev–Trinajstić information content (AvgIpc) is 2.68. The monoisotopic (exact) mass is 347 g/mol. The summed E-state index contributed by atoms with van der Waals surface area (Å²) in [4.78, 5) is 24.7. The molecule has 1 N–H and O–H groups in total. The van der Waals surface area contributed by atoms with Gasteiger partial charge < -0.3 is 5.32 Å². The molecule has 1 atom stereocenters. The van der Waals surface area contributed by atoms with Crippen LogP contribution in [0.15, 0.2) is 71.5 Å². The molecule has 1 heterocycles. The van der Waals surface area contributed by atoms with Gasteiger partial charge in [-0.1, -0.05) is 60.2 Å². The Kier molecular flexibility index (Phi) is 5.27. The molecule has 0 bridgehead atoms. The Morgan fingerprint density at radius 2 is 1.73 bits per heavy atom. The number of benzene rings is 2. The van der Waals surface area contributed by atoms with Crippen LogP contribution in [0.1, 0.15) is 24.1 Å². The van der Waals surface area contributed by atoms with Crippen LogP contribution in [0.5, 0.6) is 0 Å². The van der Waals surface area contributed by atoms with Crippen LogP contribution in [-0.4, -0.2) is 15.7 Å². The minimum atomic E-state index is -0.698. The lowest BCUT2D eigenvalue weighted by Gasteiger charge is -2.15. The molecule has 2 aromatic carbocycles. The molecule has 0 saturated heterocycles. The first-order chi connectivity index (χ1) is 12.5. The largest absolute Gasteiger partial charge is 0.350 e. The summed E-state index contributed by atoms with van der Waals surface area (Å²) in [6, 6.07) is 19.9. The Hall–Kier alpha value is -3.21. The summed E-state index contributed by atoms with van der Waals surface area (Å²) in [7, 11) is 0. The van der Waals surface area contributed by atoms with Crippen molar-refractivity contribution in [2.75, 3.05) is 0 Å². The highest BCUT2D eigenvalue weighted by Crippen LogP contribution is 2.15. The Morgan fingerprint density at radius 3 is 2.42 bits per heavy atom.